The number of carbonyl (C=O) groups is 1. The van der Waals surface area contributed by atoms with E-state index in [1.54, 1.807) is 23.8 Å². The number of thioether (sulfide) groups is 1. The van der Waals surface area contributed by atoms with Gasteiger partial charge in [-0.3, -0.25) is 4.79 Å². The second-order valence-corrected chi connectivity index (χ2v) is 9.19. The Hall–Kier alpha value is -2.19. The monoisotopic (exact) mass is 466 g/mol. The van der Waals surface area contributed by atoms with Crippen molar-refractivity contribution in [2.45, 2.75) is 18.5 Å². The molecule has 1 aliphatic rings. The number of amides is 1. The average molecular weight is 467 g/mol. The predicted molar refractivity (Wildman–Crippen MR) is 124 cm³/mol. The fraction of sp³-hybridized carbons (Fsp3) is 0.458. The molecule has 0 bridgehead atoms. The number of alkyl halides is 3. The highest BCUT2D eigenvalue weighted by Crippen LogP contribution is 2.41. The number of carbonyl (C=O) groups excluding carboxylic acids is 1. The van der Waals surface area contributed by atoms with Crippen molar-refractivity contribution >= 4 is 23.4 Å². The van der Waals surface area contributed by atoms with Crippen LogP contribution in [0.4, 0.5) is 18.9 Å². The molecule has 174 valence electrons. The molecule has 0 aromatic heterocycles. The van der Waals surface area contributed by atoms with Gasteiger partial charge >= 0.3 is 6.18 Å². The summed E-state index contributed by atoms with van der Waals surface area (Å²) in [5.74, 6) is 0.673. The van der Waals surface area contributed by atoms with Crippen molar-refractivity contribution in [1.29, 1.82) is 0 Å². The lowest BCUT2D eigenvalue weighted by Gasteiger charge is -2.29. The van der Waals surface area contributed by atoms with Gasteiger partial charge in [0, 0.05) is 30.4 Å². The molecule has 3 rings (SSSR count). The van der Waals surface area contributed by atoms with Gasteiger partial charge in [-0.15, -0.1) is 0 Å². The van der Waals surface area contributed by atoms with E-state index >= 15 is 0 Å². The first-order chi connectivity index (χ1) is 15.2. The summed E-state index contributed by atoms with van der Waals surface area (Å²) < 4.78 is 45.7. The first-order valence-electron chi connectivity index (χ1n) is 10.4. The molecule has 1 amide bonds. The SMILES string of the molecule is COc1ccc([C@H]2Cc3cc(C(F)(F)F)ccc3N(CCN(C)C)C(=O)[C@H]2CSC)cc1. The zero-order valence-electron chi connectivity index (χ0n) is 18.8. The average Bonchev–Trinajstić information content (AvgIpc) is 2.86. The van der Waals surface area contributed by atoms with Crippen LogP contribution in [0.5, 0.6) is 5.75 Å². The van der Waals surface area contributed by atoms with Crippen molar-refractivity contribution in [3.63, 3.8) is 0 Å². The lowest BCUT2D eigenvalue weighted by atomic mass is 9.82. The number of likely N-dealkylation sites (N-methyl/N-ethyl adjacent to an activating group) is 1. The Morgan fingerprint density at radius 3 is 2.41 bits per heavy atom. The fourth-order valence-electron chi connectivity index (χ4n) is 4.16. The smallest absolute Gasteiger partial charge is 0.416 e. The number of benzene rings is 2. The molecular formula is C24H29F3N2O2S. The Morgan fingerprint density at radius 1 is 1.16 bits per heavy atom. The molecule has 32 heavy (non-hydrogen) atoms. The standard InChI is InChI=1S/C24H29F3N2O2S/c1-28(2)11-12-29-22-10-7-18(24(25,26)27)13-17(22)14-20(21(15-32-4)23(29)30)16-5-8-19(31-3)9-6-16/h5-10,13,20-21H,11-12,14-15H2,1-4H3/t20-,21+/m1/s1. The Morgan fingerprint density at radius 2 is 1.84 bits per heavy atom. The van der Waals surface area contributed by atoms with E-state index in [-0.39, 0.29) is 17.7 Å². The van der Waals surface area contributed by atoms with Crippen molar-refractivity contribution in [3.8, 4) is 5.75 Å². The van der Waals surface area contributed by atoms with Gasteiger partial charge in [-0.1, -0.05) is 12.1 Å². The van der Waals surface area contributed by atoms with Crippen LogP contribution in [0, 0.1) is 5.92 Å². The van der Waals surface area contributed by atoms with Crippen molar-refractivity contribution in [1.82, 2.24) is 4.90 Å². The molecule has 2 aromatic rings. The second-order valence-electron chi connectivity index (χ2n) is 8.28. The molecule has 8 heteroatoms. The quantitative estimate of drug-likeness (QED) is 0.580. The van der Waals surface area contributed by atoms with Crippen LogP contribution in [-0.2, 0) is 17.4 Å². The summed E-state index contributed by atoms with van der Waals surface area (Å²) >= 11 is 1.58. The van der Waals surface area contributed by atoms with Crippen LogP contribution in [0.1, 0.15) is 22.6 Å². The summed E-state index contributed by atoms with van der Waals surface area (Å²) in [5.41, 5.74) is 1.37. The van der Waals surface area contributed by atoms with E-state index in [0.717, 1.165) is 11.6 Å². The minimum atomic E-state index is -4.44. The molecule has 0 saturated heterocycles. The van der Waals surface area contributed by atoms with Gasteiger partial charge in [-0.25, -0.2) is 0 Å². The number of anilines is 1. The van der Waals surface area contributed by atoms with E-state index in [1.165, 1.54) is 12.1 Å². The van der Waals surface area contributed by atoms with Gasteiger partial charge in [0.05, 0.1) is 18.6 Å². The highest BCUT2D eigenvalue weighted by Gasteiger charge is 2.39. The third-order valence-electron chi connectivity index (χ3n) is 5.87. The van der Waals surface area contributed by atoms with Gasteiger partial charge in [0.25, 0.3) is 0 Å². The molecule has 1 aliphatic heterocycles. The Labute approximate surface area is 191 Å². The maximum absolute atomic E-state index is 13.7. The van der Waals surface area contributed by atoms with Crippen LogP contribution >= 0.6 is 11.8 Å². The molecule has 1 heterocycles. The van der Waals surface area contributed by atoms with E-state index < -0.39 is 11.7 Å². The normalized spacial score (nSPS) is 19.1. The topological polar surface area (TPSA) is 32.8 Å². The number of rotatable bonds is 7. The summed E-state index contributed by atoms with van der Waals surface area (Å²) in [5, 5.41) is 0. The zero-order valence-corrected chi connectivity index (χ0v) is 19.6. The maximum atomic E-state index is 13.7. The van der Waals surface area contributed by atoms with Crippen molar-refractivity contribution < 1.29 is 22.7 Å². The molecule has 0 fully saturated rings. The van der Waals surface area contributed by atoms with Crippen LogP contribution in [0.25, 0.3) is 0 Å². The molecule has 2 aromatic carbocycles. The van der Waals surface area contributed by atoms with Crippen LogP contribution in [0.15, 0.2) is 42.5 Å². The second kappa shape index (κ2) is 10.2. The minimum absolute atomic E-state index is 0.0412. The highest BCUT2D eigenvalue weighted by molar-refractivity contribution is 7.98. The summed E-state index contributed by atoms with van der Waals surface area (Å²) in [7, 11) is 5.41. The van der Waals surface area contributed by atoms with Crippen LogP contribution in [-0.4, -0.2) is 57.1 Å². The van der Waals surface area contributed by atoms with Crippen LogP contribution in [0.2, 0.25) is 0 Å². The molecule has 0 unspecified atom stereocenters. The molecule has 4 nitrogen and oxygen atoms in total. The molecule has 0 aliphatic carbocycles. The van der Waals surface area contributed by atoms with Crippen molar-refractivity contribution in [2.75, 3.05) is 51.2 Å². The number of hydrogen-bond acceptors (Lipinski definition) is 4. The molecule has 0 radical (unpaired) electrons. The fourth-order valence-corrected chi connectivity index (χ4v) is 4.89. The third-order valence-corrected chi connectivity index (χ3v) is 6.56. The van der Waals surface area contributed by atoms with E-state index in [2.05, 4.69) is 0 Å². The lowest BCUT2D eigenvalue weighted by Crippen LogP contribution is -2.42. The number of methoxy groups -OCH3 is 1. The number of ether oxygens (including phenoxy) is 1. The van der Waals surface area contributed by atoms with Crippen LogP contribution in [0.3, 0.4) is 0 Å². The third kappa shape index (κ3) is 5.41. The summed E-state index contributed by atoms with van der Waals surface area (Å²) in [6.07, 6.45) is -2.13. The van der Waals surface area contributed by atoms with E-state index in [4.69, 9.17) is 4.74 Å². The van der Waals surface area contributed by atoms with Gasteiger partial charge in [0.2, 0.25) is 5.91 Å². The zero-order chi connectivity index (χ0) is 23.5. The number of nitrogens with zero attached hydrogens (tertiary/aromatic N) is 2. The van der Waals surface area contributed by atoms with Gasteiger partial charge in [0.1, 0.15) is 5.75 Å². The Balaban J connectivity index is 2.12. The number of halogens is 3. The van der Waals surface area contributed by atoms with E-state index in [1.807, 2.05) is 49.5 Å². The first-order valence-corrected chi connectivity index (χ1v) is 11.8. The summed E-state index contributed by atoms with van der Waals surface area (Å²) in [4.78, 5) is 17.4. The molecule has 0 saturated carbocycles. The Kier molecular flexibility index (Phi) is 7.77. The molecule has 0 spiro atoms. The minimum Gasteiger partial charge on any atom is -0.497 e. The summed E-state index contributed by atoms with van der Waals surface area (Å²) in [6.45, 7) is 1.04. The van der Waals surface area contributed by atoms with Gasteiger partial charge in [0.15, 0.2) is 0 Å². The predicted octanol–water partition coefficient (Wildman–Crippen LogP) is 4.93. The first kappa shape index (κ1) is 24.5. The van der Waals surface area contributed by atoms with E-state index in [9.17, 15) is 18.0 Å². The Bertz CT molecular complexity index is 932. The summed E-state index contributed by atoms with van der Waals surface area (Å²) in [6, 6.07) is 11.2. The molecule has 2 atom stereocenters. The number of fused-ring (bicyclic) bond motifs is 1. The van der Waals surface area contributed by atoms with Gasteiger partial charge in [-0.2, -0.15) is 24.9 Å². The molecular weight excluding hydrogens is 437 g/mol. The van der Waals surface area contributed by atoms with Crippen molar-refractivity contribution in [2.24, 2.45) is 5.92 Å². The van der Waals surface area contributed by atoms with Crippen LogP contribution < -0.4 is 9.64 Å². The van der Waals surface area contributed by atoms with Gasteiger partial charge in [-0.05, 0) is 68.2 Å². The highest BCUT2D eigenvalue weighted by atomic mass is 32.2. The molecule has 0 N–H and O–H groups in total. The maximum Gasteiger partial charge on any atom is 0.416 e. The van der Waals surface area contributed by atoms with Gasteiger partial charge < -0.3 is 14.5 Å². The number of hydrogen-bond donors (Lipinski definition) is 0. The van der Waals surface area contributed by atoms with Crippen molar-refractivity contribution in [3.05, 3.63) is 59.2 Å². The largest absolute Gasteiger partial charge is 0.497 e. The lowest BCUT2D eigenvalue weighted by molar-refractivity contribution is -0.137. The van der Waals surface area contributed by atoms with E-state index in [0.29, 0.717) is 42.3 Å².